The molecule has 2 aromatic carbocycles. The highest BCUT2D eigenvalue weighted by Crippen LogP contribution is 2.16. The monoisotopic (exact) mass is 398 g/mol. The van der Waals surface area contributed by atoms with E-state index in [2.05, 4.69) is 20.1 Å². The second kappa shape index (κ2) is 10.6. The molecule has 0 aromatic heterocycles. The van der Waals surface area contributed by atoms with Crippen molar-refractivity contribution in [2.45, 2.75) is 20.3 Å². The molecule has 2 N–H and O–H groups in total. The molecule has 2 amide bonds. The van der Waals surface area contributed by atoms with Crippen molar-refractivity contribution >= 4 is 35.1 Å². The minimum absolute atomic E-state index is 0.135. The summed E-state index contributed by atoms with van der Waals surface area (Å²) in [5.41, 5.74) is 2.96. The van der Waals surface area contributed by atoms with Gasteiger partial charge in [0.2, 0.25) is 0 Å². The number of benzene rings is 2. The van der Waals surface area contributed by atoms with Crippen molar-refractivity contribution in [3.8, 4) is 0 Å². The van der Waals surface area contributed by atoms with Gasteiger partial charge < -0.3 is 20.1 Å². The van der Waals surface area contributed by atoms with Crippen LogP contribution in [-0.4, -0.2) is 37.0 Å². The van der Waals surface area contributed by atoms with Crippen LogP contribution in [0.5, 0.6) is 0 Å². The van der Waals surface area contributed by atoms with Gasteiger partial charge in [0, 0.05) is 11.4 Å². The Bertz CT molecular complexity index is 802. The summed E-state index contributed by atoms with van der Waals surface area (Å²) < 4.78 is 9.27. The number of anilines is 2. The van der Waals surface area contributed by atoms with E-state index in [0.717, 1.165) is 11.1 Å². The number of hydrogen-bond acceptors (Lipinski definition) is 6. The van der Waals surface area contributed by atoms with Gasteiger partial charge in [-0.2, -0.15) is 0 Å². The Kier molecular flexibility index (Phi) is 7.90. The lowest BCUT2D eigenvalue weighted by Crippen LogP contribution is -2.24. The highest BCUT2D eigenvalue weighted by molar-refractivity contribution is 6.37. The molecule has 0 unspecified atom stereocenters. The first kappa shape index (κ1) is 21.6. The predicted molar refractivity (Wildman–Crippen MR) is 106 cm³/mol. The minimum atomic E-state index is -0.924. The lowest BCUT2D eigenvalue weighted by atomic mass is 10.0. The Morgan fingerprint density at radius 3 is 1.31 bits per heavy atom. The summed E-state index contributed by atoms with van der Waals surface area (Å²) in [6.45, 7) is 3.52. The molecule has 0 saturated heterocycles. The second-order valence-corrected chi connectivity index (χ2v) is 5.92. The van der Waals surface area contributed by atoms with Crippen molar-refractivity contribution in [3.63, 3.8) is 0 Å². The second-order valence-electron chi connectivity index (χ2n) is 5.92. The van der Waals surface area contributed by atoms with Gasteiger partial charge in [-0.15, -0.1) is 0 Å². The standard InChI is InChI=1S/C21H22N2O6/c1-3-28-20(26)18(24)22-16-9-5-14(6-10-16)13-15-7-11-17(12-8-15)23-19(25)21(27)29-4-2/h5-12H,3-4,13H2,1-2H3,(H,22,24)(H,23,25). The summed E-state index contributed by atoms with van der Waals surface area (Å²) in [7, 11) is 0. The number of carbonyl (C=O) groups excluding carboxylic acids is 4. The van der Waals surface area contributed by atoms with Gasteiger partial charge in [-0.05, 0) is 55.7 Å². The number of hydrogen-bond donors (Lipinski definition) is 2. The van der Waals surface area contributed by atoms with Crippen molar-refractivity contribution in [1.29, 1.82) is 0 Å². The topological polar surface area (TPSA) is 111 Å². The number of esters is 2. The average Bonchev–Trinajstić information content (AvgIpc) is 2.71. The highest BCUT2D eigenvalue weighted by atomic mass is 16.5. The fourth-order valence-corrected chi connectivity index (χ4v) is 2.41. The molecule has 0 heterocycles. The van der Waals surface area contributed by atoms with E-state index in [0.29, 0.717) is 17.8 Å². The van der Waals surface area contributed by atoms with Gasteiger partial charge in [0.05, 0.1) is 13.2 Å². The van der Waals surface area contributed by atoms with E-state index >= 15 is 0 Å². The van der Waals surface area contributed by atoms with Crippen LogP contribution in [0.3, 0.4) is 0 Å². The maximum atomic E-state index is 11.6. The van der Waals surface area contributed by atoms with E-state index in [1.54, 1.807) is 38.1 Å². The maximum Gasteiger partial charge on any atom is 0.397 e. The molecular weight excluding hydrogens is 376 g/mol. The summed E-state index contributed by atoms with van der Waals surface area (Å²) in [6, 6.07) is 14.1. The Labute approximate surface area is 168 Å². The smallest absolute Gasteiger partial charge is 0.397 e. The van der Waals surface area contributed by atoms with Gasteiger partial charge >= 0.3 is 23.8 Å². The fraction of sp³-hybridized carbons (Fsp3) is 0.238. The van der Waals surface area contributed by atoms with Crippen LogP contribution in [0.2, 0.25) is 0 Å². The van der Waals surface area contributed by atoms with E-state index in [4.69, 9.17) is 0 Å². The van der Waals surface area contributed by atoms with Crippen LogP contribution in [0.4, 0.5) is 11.4 Å². The van der Waals surface area contributed by atoms with Gasteiger partial charge in [-0.3, -0.25) is 9.59 Å². The molecule has 0 aliphatic carbocycles. The lowest BCUT2D eigenvalue weighted by Gasteiger charge is -2.08. The highest BCUT2D eigenvalue weighted by Gasteiger charge is 2.15. The molecule has 2 aromatic rings. The largest absolute Gasteiger partial charge is 0.459 e. The third-order valence-corrected chi connectivity index (χ3v) is 3.75. The average molecular weight is 398 g/mol. The lowest BCUT2D eigenvalue weighted by molar-refractivity contribution is -0.152. The molecule has 8 nitrogen and oxygen atoms in total. The van der Waals surface area contributed by atoms with Crippen molar-refractivity contribution in [2.75, 3.05) is 23.8 Å². The molecule has 0 aliphatic rings. The van der Waals surface area contributed by atoms with Crippen molar-refractivity contribution in [2.24, 2.45) is 0 Å². The Hall–Kier alpha value is -3.68. The first-order valence-corrected chi connectivity index (χ1v) is 9.07. The number of rotatable bonds is 6. The maximum absolute atomic E-state index is 11.6. The zero-order valence-electron chi connectivity index (χ0n) is 16.2. The quantitative estimate of drug-likeness (QED) is 0.571. The summed E-state index contributed by atoms with van der Waals surface area (Å²) in [5, 5.41) is 4.94. The fourth-order valence-electron chi connectivity index (χ4n) is 2.41. The number of carbonyl (C=O) groups is 4. The first-order valence-electron chi connectivity index (χ1n) is 9.07. The summed E-state index contributed by atoms with van der Waals surface area (Å²) >= 11 is 0. The van der Waals surface area contributed by atoms with E-state index in [9.17, 15) is 19.2 Å². The predicted octanol–water partition coefficient (Wildman–Crippen LogP) is 2.28. The molecule has 2 rings (SSSR count). The molecule has 0 saturated carbocycles. The third kappa shape index (κ3) is 6.76. The van der Waals surface area contributed by atoms with Crippen LogP contribution in [0.25, 0.3) is 0 Å². The van der Waals surface area contributed by atoms with Crippen LogP contribution >= 0.6 is 0 Å². The van der Waals surface area contributed by atoms with Gasteiger partial charge in [-0.25, -0.2) is 9.59 Å². The number of amides is 2. The van der Waals surface area contributed by atoms with Crippen LogP contribution in [0.1, 0.15) is 25.0 Å². The van der Waals surface area contributed by atoms with Crippen molar-refractivity contribution in [3.05, 3.63) is 59.7 Å². The summed E-state index contributed by atoms with van der Waals surface area (Å²) in [6.07, 6.45) is 0.623. The minimum Gasteiger partial charge on any atom is -0.459 e. The summed E-state index contributed by atoms with van der Waals surface area (Å²) in [4.78, 5) is 45.9. The Morgan fingerprint density at radius 2 is 1.00 bits per heavy atom. The molecule has 0 bridgehead atoms. The molecule has 152 valence electrons. The van der Waals surface area contributed by atoms with Crippen molar-refractivity contribution in [1.82, 2.24) is 0 Å². The first-order chi connectivity index (χ1) is 13.9. The van der Waals surface area contributed by atoms with Gasteiger partial charge in [0.15, 0.2) is 0 Å². The third-order valence-electron chi connectivity index (χ3n) is 3.75. The molecular formula is C21H22N2O6. The van der Waals surface area contributed by atoms with E-state index in [1.807, 2.05) is 24.3 Å². The molecule has 29 heavy (non-hydrogen) atoms. The van der Waals surface area contributed by atoms with E-state index in [1.165, 1.54) is 0 Å². The Morgan fingerprint density at radius 1 is 0.655 bits per heavy atom. The molecule has 0 atom stereocenters. The molecule has 0 fully saturated rings. The number of ether oxygens (including phenoxy) is 2. The van der Waals surface area contributed by atoms with Crippen LogP contribution in [0, 0.1) is 0 Å². The van der Waals surface area contributed by atoms with E-state index in [-0.39, 0.29) is 13.2 Å². The Balaban J connectivity index is 1.91. The normalized spacial score (nSPS) is 10.0. The SMILES string of the molecule is CCOC(=O)C(=O)Nc1ccc(Cc2ccc(NC(=O)C(=O)OCC)cc2)cc1. The molecule has 8 heteroatoms. The van der Waals surface area contributed by atoms with Gasteiger partial charge in [0.1, 0.15) is 0 Å². The van der Waals surface area contributed by atoms with Crippen LogP contribution in [0.15, 0.2) is 48.5 Å². The van der Waals surface area contributed by atoms with Crippen LogP contribution < -0.4 is 10.6 Å². The van der Waals surface area contributed by atoms with Crippen molar-refractivity contribution < 1.29 is 28.7 Å². The zero-order valence-corrected chi connectivity index (χ0v) is 16.2. The van der Waals surface area contributed by atoms with Crippen LogP contribution in [-0.2, 0) is 35.1 Å². The van der Waals surface area contributed by atoms with E-state index < -0.39 is 23.8 Å². The molecule has 0 aliphatic heterocycles. The van der Waals surface area contributed by atoms with Gasteiger partial charge in [0.25, 0.3) is 0 Å². The number of nitrogens with one attached hydrogen (secondary N) is 2. The van der Waals surface area contributed by atoms with Gasteiger partial charge in [-0.1, -0.05) is 24.3 Å². The molecule has 0 radical (unpaired) electrons. The molecule has 0 spiro atoms. The summed E-state index contributed by atoms with van der Waals surface area (Å²) in [5.74, 6) is -3.49. The zero-order chi connectivity index (χ0) is 21.2.